The molecule has 0 radical (unpaired) electrons. The van der Waals surface area contributed by atoms with Crippen molar-refractivity contribution in [3.05, 3.63) is 81.7 Å². The Morgan fingerprint density at radius 1 is 1.09 bits per heavy atom. The number of benzene rings is 2. The van der Waals surface area contributed by atoms with Crippen molar-refractivity contribution in [1.29, 1.82) is 0 Å². The van der Waals surface area contributed by atoms with E-state index in [1.54, 1.807) is 6.08 Å². The van der Waals surface area contributed by atoms with Gasteiger partial charge in [0.05, 0.1) is 10.6 Å². The molecule has 1 fully saturated rings. The minimum absolute atomic E-state index is 0.124. The highest BCUT2D eigenvalue weighted by Crippen LogP contribution is 2.27. The first-order valence-corrected chi connectivity index (χ1v) is 8.58. The third kappa shape index (κ3) is 4.43. The molecule has 2 aromatic carbocycles. The maximum Gasteiger partial charge on any atom is 0.264 e. The van der Waals surface area contributed by atoms with Gasteiger partial charge in [0.1, 0.15) is 0 Å². The molecule has 0 spiro atoms. The Morgan fingerprint density at radius 2 is 1.91 bits per heavy atom. The average Bonchev–Trinajstić information content (AvgIpc) is 2.88. The fourth-order valence-electron chi connectivity index (χ4n) is 1.97. The van der Waals surface area contributed by atoms with E-state index in [9.17, 15) is 4.79 Å². The van der Waals surface area contributed by atoms with Crippen molar-refractivity contribution in [2.24, 2.45) is 4.99 Å². The second-order valence-corrected chi connectivity index (χ2v) is 6.70. The molecule has 0 atom stereocenters. The summed E-state index contributed by atoms with van der Waals surface area (Å²) >= 11 is 4.75. The summed E-state index contributed by atoms with van der Waals surface area (Å²) in [5.41, 5.74) is 1.89. The molecule has 5 heteroatoms. The SMILES string of the molecule is O=C1NC(=Nc2cccc(Br)c2)S/C1=C\C=C\c1ccccc1. The third-order valence-corrected chi connectivity index (χ3v) is 4.45. The van der Waals surface area contributed by atoms with E-state index in [1.165, 1.54) is 11.8 Å². The number of nitrogens with zero attached hydrogens (tertiary/aromatic N) is 1. The summed E-state index contributed by atoms with van der Waals surface area (Å²) in [5.74, 6) is -0.124. The summed E-state index contributed by atoms with van der Waals surface area (Å²) in [6.45, 7) is 0. The Labute approximate surface area is 147 Å². The second kappa shape index (κ2) is 7.44. The van der Waals surface area contributed by atoms with Crippen LogP contribution in [0, 0.1) is 0 Å². The molecule has 0 unspecified atom stereocenters. The molecule has 0 aromatic heterocycles. The van der Waals surface area contributed by atoms with E-state index in [-0.39, 0.29) is 5.91 Å². The summed E-state index contributed by atoms with van der Waals surface area (Å²) < 4.78 is 0.954. The van der Waals surface area contributed by atoms with Gasteiger partial charge in [-0.3, -0.25) is 4.79 Å². The number of carbonyl (C=O) groups is 1. The molecule has 1 heterocycles. The first-order chi connectivity index (χ1) is 11.2. The first kappa shape index (κ1) is 15.8. The van der Waals surface area contributed by atoms with Crippen molar-refractivity contribution in [2.75, 3.05) is 0 Å². The molecule has 1 saturated heterocycles. The van der Waals surface area contributed by atoms with Gasteiger partial charge in [-0.05, 0) is 41.6 Å². The highest BCUT2D eigenvalue weighted by Gasteiger charge is 2.22. The molecule has 3 nitrogen and oxygen atoms in total. The van der Waals surface area contributed by atoms with E-state index >= 15 is 0 Å². The van der Waals surface area contributed by atoms with Crippen LogP contribution in [0.25, 0.3) is 6.08 Å². The number of amides is 1. The third-order valence-electron chi connectivity index (χ3n) is 3.03. The molecule has 114 valence electrons. The molecule has 0 aliphatic carbocycles. The van der Waals surface area contributed by atoms with Crippen LogP contribution in [0.15, 0.2) is 81.1 Å². The van der Waals surface area contributed by atoms with Gasteiger partial charge in [0.15, 0.2) is 5.17 Å². The lowest BCUT2D eigenvalue weighted by atomic mass is 10.2. The second-order valence-electron chi connectivity index (χ2n) is 4.75. The first-order valence-electron chi connectivity index (χ1n) is 6.97. The topological polar surface area (TPSA) is 41.5 Å². The number of halogens is 1. The fourth-order valence-corrected chi connectivity index (χ4v) is 3.15. The van der Waals surface area contributed by atoms with E-state index < -0.39 is 0 Å². The highest BCUT2D eigenvalue weighted by molar-refractivity contribution is 9.10. The number of rotatable bonds is 3. The number of nitrogens with one attached hydrogen (secondary N) is 1. The lowest BCUT2D eigenvalue weighted by Crippen LogP contribution is -2.19. The van der Waals surface area contributed by atoms with Crippen LogP contribution >= 0.6 is 27.7 Å². The number of amidine groups is 1. The molecule has 23 heavy (non-hydrogen) atoms. The summed E-state index contributed by atoms with van der Waals surface area (Å²) in [6, 6.07) is 17.6. The van der Waals surface area contributed by atoms with Gasteiger partial charge >= 0.3 is 0 Å². The standard InChI is InChI=1S/C18H13BrN2OS/c19-14-9-5-10-15(12-14)20-18-21-17(22)16(23-18)11-4-8-13-6-2-1-3-7-13/h1-12H,(H,20,21,22)/b8-4+,16-11-. The van der Waals surface area contributed by atoms with Crippen LogP contribution < -0.4 is 5.32 Å². The molecule has 1 aliphatic heterocycles. The number of allylic oxidation sites excluding steroid dienone is 2. The smallest absolute Gasteiger partial charge is 0.264 e. The molecule has 2 aromatic rings. The molecular weight excluding hydrogens is 372 g/mol. The van der Waals surface area contributed by atoms with Gasteiger partial charge in [-0.1, -0.05) is 64.5 Å². The maximum absolute atomic E-state index is 12.0. The molecule has 1 N–H and O–H groups in total. The predicted molar refractivity (Wildman–Crippen MR) is 101 cm³/mol. The number of hydrogen-bond acceptors (Lipinski definition) is 3. The van der Waals surface area contributed by atoms with Crippen LogP contribution in [-0.2, 0) is 4.79 Å². The summed E-state index contributed by atoms with van der Waals surface area (Å²) in [5, 5.41) is 3.37. The van der Waals surface area contributed by atoms with Crippen LogP contribution in [0.2, 0.25) is 0 Å². The van der Waals surface area contributed by atoms with Gasteiger partial charge < -0.3 is 5.32 Å². The Kier molecular flexibility index (Phi) is 5.10. The van der Waals surface area contributed by atoms with Crippen molar-refractivity contribution in [2.45, 2.75) is 0 Å². The lowest BCUT2D eigenvalue weighted by Gasteiger charge is -1.96. The zero-order chi connectivity index (χ0) is 16.1. The minimum atomic E-state index is -0.124. The van der Waals surface area contributed by atoms with Crippen LogP contribution in [0.4, 0.5) is 5.69 Å². The Morgan fingerprint density at radius 3 is 2.70 bits per heavy atom. The lowest BCUT2D eigenvalue weighted by molar-refractivity contribution is -0.115. The van der Waals surface area contributed by atoms with E-state index in [1.807, 2.05) is 66.7 Å². The molecule has 3 rings (SSSR count). The predicted octanol–water partition coefficient (Wildman–Crippen LogP) is 4.90. The number of aliphatic imine (C=N–C) groups is 1. The Bertz CT molecular complexity index is 813. The largest absolute Gasteiger partial charge is 0.300 e. The normalized spacial score (nSPS) is 18.0. The van der Waals surface area contributed by atoms with Gasteiger partial charge in [0.25, 0.3) is 5.91 Å². The summed E-state index contributed by atoms with van der Waals surface area (Å²) in [6.07, 6.45) is 5.64. The molecule has 1 aliphatic rings. The summed E-state index contributed by atoms with van der Waals surface area (Å²) in [7, 11) is 0. The van der Waals surface area contributed by atoms with Crippen molar-refractivity contribution >= 4 is 50.5 Å². The minimum Gasteiger partial charge on any atom is -0.300 e. The average molecular weight is 385 g/mol. The molecule has 1 amide bonds. The van der Waals surface area contributed by atoms with Crippen molar-refractivity contribution in [3.8, 4) is 0 Å². The fraction of sp³-hybridized carbons (Fsp3) is 0. The quantitative estimate of drug-likeness (QED) is 0.764. The zero-order valence-corrected chi connectivity index (χ0v) is 14.5. The maximum atomic E-state index is 12.0. The van der Waals surface area contributed by atoms with Crippen molar-refractivity contribution in [1.82, 2.24) is 5.32 Å². The number of carbonyl (C=O) groups excluding carboxylic acids is 1. The van der Waals surface area contributed by atoms with E-state index in [0.29, 0.717) is 10.1 Å². The number of hydrogen-bond donors (Lipinski definition) is 1. The molecular formula is C18H13BrN2OS. The van der Waals surface area contributed by atoms with Gasteiger partial charge in [-0.2, -0.15) is 0 Å². The molecule has 0 bridgehead atoms. The molecule has 0 saturated carbocycles. The van der Waals surface area contributed by atoms with Gasteiger partial charge in [-0.25, -0.2) is 4.99 Å². The van der Waals surface area contributed by atoms with Crippen LogP contribution in [-0.4, -0.2) is 11.1 Å². The van der Waals surface area contributed by atoms with E-state index in [2.05, 4.69) is 26.2 Å². The van der Waals surface area contributed by atoms with Crippen molar-refractivity contribution < 1.29 is 4.79 Å². The van der Waals surface area contributed by atoms with E-state index in [4.69, 9.17) is 0 Å². The van der Waals surface area contributed by atoms with Crippen LogP contribution in [0.1, 0.15) is 5.56 Å². The number of thioether (sulfide) groups is 1. The summed E-state index contributed by atoms with van der Waals surface area (Å²) in [4.78, 5) is 17.0. The van der Waals surface area contributed by atoms with Gasteiger partial charge in [-0.15, -0.1) is 0 Å². The highest BCUT2D eigenvalue weighted by atomic mass is 79.9. The van der Waals surface area contributed by atoms with E-state index in [0.717, 1.165) is 15.7 Å². The van der Waals surface area contributed by atoms with Crippen LogP contribution in [0.5, 0.6) is 0 Å². The Hall–Kier alpha value is -2.11. The monoisotopic (exact) mass is 384 g/mol. The Balaban J connectivity index is 1.72. The van der Waals surface area contributed by atoms with Gasteiger partial charge in [0.2, 0.25) is 0 Å². The van der Waals surface area contributed by atoms with Crippen molar-refractivity contribution in [3.63, 3.8) is 0 Å². The van der Waals surface area contributed by atoms with Crippen LogP contribution in [0.3, 0.4) is 0 Å². The van der Waals surface area contributed by atoms with Gasteiger partial charge in [0, 0.05) is 4.47 Å². The zero-order valence-electron chi connectivity index (χ0n) is 12.1.